The Morgan fingerprint density at radius 3 is 2.62 bits per heavy atom. The fourth-order valence-corrected chi connectivity index (χ4v) is 1.93. The number of nitrogens with zero attached hydrogens (tertiary/aromatic N) is 1. The monoisotopic (exact) mass is 175 g/mol. The molecule has 0 heterocycles. The molecular weight excluding hydrogens is 162 g/mol. The summed E-state index contributed by atoms with van der Waals surface area (Å²) < 4.78 is 0. The van der Waals surface area contributed by atoms with Crippen LogP contribution in [0.2, 0.25) is 0 Å². The molecule has 0 spiro atoms. The molecule has 0 bridgehead atoms. The van der Waals surface area contributed by atoms with Crippen LogP contribution in [0.1, 0.15) is 30.7 Å². The lowest BCUT2D eigenvalue weighted by atomic mass is 9.98. The molecule has 2 rings (SSSR count). The molecule has 0 saturated heterocycles. The normalized spacial score (nSPS) is 25.2. The Morgan fingerprint density at radius 1 is 1.23 bits per heavy atom. The zero-order valence-corrected chi connectivity index (χ0v) is 7.48. The topological polar surface area (TPSA) is 32.6 Å². The van der Waals surface area contributed by atoms with Crippen molar-refractivity contribution in [2.24, 2.45) is 5.16 Å². The minimum atomic E-state index is 0.562. The van der Waals surface area contributed by atoms with Crippen LogP contribution in [0.25, 0.3) is 0 Å². The first kappa shape index (κ1) is 8.30. The molecule has 1 aromatic carbocycles. The molecule has 0 aliphatic heterocycles. The highest BCUT2D eigenvalue weighted by molar-refractivity contribution is 5.86. The highest BCUT2D eigenvalue weighted by atomic mass is 16.4. The van der Waals surface area contributed by atoms with Crippen molar-refractivity contribution in [2.45, 2.75) is 25.2 Å². The Bertz CT molecular complexity index is 305. The number of hydrogen-bond acceptors (Lipinski definition) is 2. The first-order valence-electron chi connectivity index (χ1n) is 4.65. The number of benzene rings is 1. The third-order valence-corrected chi connectivity index (χ3v) is 2.68. The van der Waals surface area contributed by atoms with Crippen molar-refractivity contribution in [2.75, 3.05) is 0 Å². The standard InChI is InChI=1S/C11H13NO/c13-12-11-7-6-10(8-11)9-4-2-1-3-5-9/h1-5,10,13H,6-8H2/b12-11-. The number of rotatable bonds is 1. The predicted molar refractivity (Wildman–Crippen MR) is 52.3 cm³/mol. The van der Waals surface area contributed by atoms with Gasteiger partial charge in [0.15, 0.2) is 0 Å². The lowest BCUT2D eigenvalue weighted by Crippen LogP contribution is -1.93. The predicted octanol–water partition coefficient (Wildman–Crippen LogP) is 2.78. The van der Waals surface area contributed by atoms with Crippen molar-refractivity contribution in [3.8, 4) is 0 Å². The van der Waals surface area contributed by atoms with Crippen molar-refractivity contribution in [1.82, 2.24) is 0 Å². The van der Waals surface area contributed by atoms with Crippen LogP contribution in [0.3, 0.4) is 0 Å². The first-order chi connectivity index (χ1) is 6.40. The maximum absolute atomic E-state index is 8.62. The molecule has 1 fully saturated rings. The quantitative estimate of drug-likeness (QED) is 0.516. The summed E-state index contributed by atoms with van der Waals surface area (Å²) in [6.07, 6.45) is 2.97. The molecule has 1 N–H and O–H groups in total. The van der Waals surface area contributed by atoms with E-state index < -0.39 is 0 Å². The summed E-state index contributed by atoms with van der Waals surface area (Å²) in [5.41, 5.74) is 2.30. The van der Waals surface area contributed by atoms with Crippen LogP contribution in [0.4, 0.5) is 0 Å². The number of hydrogen-bond donors (Lipinski definition) is 1. The van der Waals surface area contributed by atoms with E-state index in [9.17, 15) is 0 Å². The second-order valence-corrected chi connectivity index (χ2v) is 3.52. The molecule has 2 nitrogen and oxygen atoms in total. The molecule has 2 heteroatoms. The van der Waals surface area contributed by atoms with Gasteiger partial charge in [-0.2, -0.15) is 0 Å². The Hall–Kier alpha value is -1.31. The zero-order chi connectivity index (χ0) is 9.10. The average Bonchev–Trinajstić information content (AvgIpc) is 2.67. The van der Waals surface area contributed by atoms with Crippen LogP contribution in [-0.4, -0.2) is 10.9 Å². The second-order valence-electron chi connectivity index (χ2n) is 3.52. The molecule has 0 radical (unpaired) electrons. The number of oxime groups is 1. The van der Waals surface area contributed by atoms with E-state index in [1.54, 1.807) is 0 Å². The van der Waals surface area contributed by atoms with Gasteiger partial charge in [0.1, 0.15) is 0 Å². The molecule has 0 amide bonds. The van der Waals surface area contributed by atoms with E-state index >= 15 is 0 Å². The molecule has 13 heavy (non-hydrogen) atoms. The zero-order valence-electron chi connectivity index (χ0n) is 7.48. The minimum Gasteiger partial charge on any atom is -0.411 e. The van der Waals surface area contributed by atoms with Gasteiger partial charge in [-0.05, 0) is 30.7 Å². The summed E-state index contributed by atoms with van der Waals surface area (Å²) >= 11 is 0. The summed E-state index contributed by atoms with van der Waals surface area (Å²) in [6, 6.07) is 10.4. The summed E-state index contributed by atoms with van der Waals surface area (Å²) in [6.45, 7) is 0. The smallest absolute Gasteiger partial charge is 0.0577 e. The van der Waals surface area contributed by atoms with Crippen LogP contribution in [-0.2, 0) is 0 Å². The van der Waals surface area contributed by atoms with Gasteiger partial charge in [0.2, 0.25) is 0 Å². The molecule has 1 unspecified atom stereocenters. The molecule has 1 atom stereocenters. The lowest BCUT2D eigenvalue weighted by Gasteiger charge is -2.07. The van der Waals surface area contributed by atoms with Gasteiger partial charge >= 0.3 is 0 Å². The maximum Gasteiger partial charge on any atom is 0.0577 e. The summed E-state index contributed by atoms with van der Waals surface area (Å²) in [5.74, 6) is 0.562. The van der Waals surface area contributed by atoms with E-state index in [0.29, 0.717) is 5.92 Å². The summed E-state index contributed by atoms with van der Waals surface area (Å²) in [7, 11) is 0. The SMILES string of the molecule is O/N=C1/CCC(c2ccccc2)C1. The molecule has 68 valence electrons. The highest BCUT2D eigenvalue weighted by Gasteiger charge is 2.21. The average molecular weight is 175 g/mol. The molecule has 0 aromatic heterocycles. The van der Waals surface area contributed by atoms with Gasteiger partial charge in [0, 0.05) is 0 Å². The summed E-state index contributed by atoms with van der Waals surface area (Å²) in [5, 5.41) is 11.9. The highest BCUT2D eigenvalue weighted by Crippen LogP contribution is 2.32. The van der Waals surface area contributed by atoms with Crippen LogP contribution in [0.15, 0.2) is 35.5 Å². The van der Waals surface area contributed by atoms with Crippen molar-refractivity contribution in [1.29, 1.82) is 0 Å². The van der Waals surface area contributed by atoms with Gasteiger partial charge in [0.05, 0.1) is 5.71 Å². The molecule has 1 aliphatic rings. The summed E-state index contributed by atoms with van der Waals surface area (Å²) in [4.78, 5) is 0. The van der Waals surface area contributed by atoms with Gasteiger partial charge in [0.25, 0.3) is 0 Å². The molecule has 1 aromatic rings. The Balaban J connectivity index is 2.13. The van der Waals surface area contributed by atoms with E-state index in [4.69, 9.17) is 5.21 Å². The van der Waals surface area contributed by atoms with Crippen molar-refractivity contribution in [3.63, 3.8) is 0 Å². The molecule has 1 saturated carbocycles. The van der Waals surface area contributed by atoms with Crippen LogP contribution < -0.4 is 0 Å². The third-order valence-electron chi connectivity index (χ3n) is 2.68. The lowest BCUT2D eigenvalue weighted by molar-refractivity contribution is 0.317. The molecule has 1 aliphatic carbocycles. The van der Waals surface area contributed by atoms with Crippen LogP contribution >= 0.6 is 0 Å². The van der Waals surface area contributed by atoms with Gasteiger partial charge in [-0.3, -0.25) is 0 Å². The van der Waals surface area contributed by atoms with E-state index in [0.717, 1.165) is 25.0 Å². The first-order valence-corrected chi connectivity index (χ1v) is 4.65. The molecular formula is C11H13NO. The van der Waals surface area contributed by atoms with Crippen LogP contribution in [0, 0.1) is 0 Å². The van der Waals surface area contributed by atoms with Crippen molar-refractivity contribution >= 4 is 5.71 Å². The Morgan fingerprint density at radius 2 is 2.00 bits per heavy atom. The Labute approximate surface area is 77.9 Å². The van der Waals surface area contributed by atoms with E-state index in [-0.39, 0.29) is 0 Å². The Kier molecular flexibility index (Phi) is 2.30. The van der Waals surface area contributed by atoms with Crippen LogP contribution in [0.5, 0.6) is 0 Å². The maximum atomic E-state index is 8.62. The fraction of sp³-hybridized carbons (Fsp3) is 0.364. The van der Waals surface area contributed by atoms with Gasteiger partial charge < -0.3 is 5.21 Å². The van der Waals surface area contributed by atoms with E-state index in [1.165, 1.54) is 5.56 Å². The van der Waals surface area contributed by atoms with Gasteiger partial charge in [-0.25, -0.2) is 0 Å². The second kappa shape index (κ2) is 3.60. The largest absolute Gasteiger partial charge is 0.411 e. The van der Waals surface area contributed by atoms with Crippen molar-refractivity contribution in [3.05, 3.63) is 35.9 Å². The van der Waals surface area contributed by atoms with E-state index in [1.807, 2.05) is 6.07 Å². The van der Waals surface area contributed by atoms with Gasteiger partial charge in [-0.1, -0.05) is 35.5 Å². The minimum absolute atomic E-state index is 0.562. The van der Waals surface area contributed by atoms with Crippen molar-refractivity contribution < 1.29 is 5.21 Å². The third kappa shape index (κ3) is 1.72. The van der Waals surface area contributed by atoms with Gasteiger partial charge in [-0.15, -0.1) is 0 Å². The van der Waals surface area contributed by atoms with E-state index in [2.05, 4.69) is 29.4 Å². The fourth-order valence-electron chi connectivity index (χ4n) is 1.93.